The molecule has 2 atom stereocenters. The van der Waals surface area contributed by atoms with Gasteiger partial charge in [-0.2, -0.15) is 0 Å². The maximum atomic E-state index is 11.2. The van der Waals surface area contributed by atoms with Crippen molar-refractivity contribution >= 4 is 5.97 Å². The summed E-state index contributed by atoms with van der Waals surface area (Å²) in [6.07, 6.45) is 3.69. The van der Waals surface area contributed by atoms with Crippen molar-refractivity contribution in [2.45, 2.75) is 58.0 Å². The van der Waals surface area contributed by atoms with E-state index in [0.29, 0.717) is 12.5 Å². The van der Waals surface area contributed by atoms with Gasteiger partial charge in [-0.1, -0.05) is 6.92 Å². The molecular formula is C15H32N2O3. The average Bonchev–Trinajstić information content (AvgIpc) is 2.45. The lowest BCUT2D eigenvalue weighted by Gasteiger charge is -2.29. The highest BCUT2D eigenvalue weighted by Crippen LogP contribution is 2.15. The summed E-state index contributed by atoms with van der Waals surface area (Å²) in [6, 6.07) is 0.542. The number of nitrogens with one attached hydrogen (secondary N) is 1. The SMILES string of the molecule is CCC(C)N(CCCCC(C)(NC)C(=O)O)CCOC. The Kier molecular flexibility index (Phi) is 9.80. The first-order valence-corrected chi connectivity index (χ1v) is 7.56. The van der Waals surface area contributed by atoms with Crippen LogP contribution in [0.3, 0.4) is 0 Å². The van der Waals surface area contributed by atoms with Crippen LogP contribution in [-0.2, 0) is 9.53 Å². The first kappa shape index (κ1) is 19.4. The van der Waals surface area contributed by atoms with Gasteiger partial charge in [0.05, 0.1) is 6.61 Å². The highest BCUT2D eigenvalue weighted by Gasteiger charge is 2.30. The summed E-state index contributed by atoms with van der Waals surface area (Å²) in [5.74, 6) is -0.779. The molecule has 5 heteroatoms. The van der Waals surface area contributed by atoms with Crippen molar-refractivity contribution in [2.24, 2.45) is 0 Å². The Morgan fingerprint density at radius 1 is 1.40 bits per heavy atom. The lowest BCUT2D eigenvalue weighted by Crippen LogP contribution is -2.47. The van der Waals surface area contributed by atoms with Crippen molar-refractivity contribution in [1.82, 2.24) is 10.2 Å². The third kappa shape index (κ3) is 6.68. The van der Waals surface area contributed by atoms with Gasteiger partial charge in [0.25, 0.3) is 0 Å². The number of aliphatic carboxylic acids is 1. The van der Waals surface area contributed by atoms with Gasteiger partial charge in [-0.15, -0.1) is 0 Å². The fourth-order valence-corrected chi connectivity index (χ4v) is 2.15. The van der Waals surface area contributed by atoms with Gasteiger partial charge < -0.3 is 15.2 Å². The molecule has 0 aliphatic rings. The zero-order valence-electron chi connectivity index (χ0n) is 13.7. The van der Waals surface area contributed by atoms with Crippen LogP contribution in [-0.4, -0.2) is 61.4 Å². The van der Waals surface area contributed by atoms with Crippen molar-refractivity contribution in [2.75, 3.05) is 33.9 Å². The van der Waals surface area contributed by atoms with E-state index in [1.165, 1.54) is 0 Å². The number of ether oxygens (including phenoxy) is 1. The number of unbranched alkanes of at least 4 members (excludes halogenated alkanes) is 1. The molecule has 0 rings (SSSR count). The zero-order valence-corrected chi connectivity index (χ0v) is 13.7. The molecule has 0 spiro atoms. The minimum absolute atomic E-state index is 0.542. The standard InChI is InChI=1S/C15H32N2O3/c1-6-13(2)17(11-12-20-5)10-8-7-9-15(3,16-4)14(18)19/h13,16H,6-12H2,1-5H3,(H,18,19). The maximum absolute atomic E-state index is 11.2. The monoisotopic (exact) mass is 288 g/mol. The van der Waals surface area contributed by atoms with Crippen molar-refractivity contribution < 1.29 is 14.6 Å². The molecule has 0 aromatic rings. The van der Waals surface area contributed by atoms with E-state index >= 15 is 0 Å². The molecule has 5 nitrogen and oxygen atoms in total. The fraction of sp³-hybridized carbons (Fsp3) is 0.933. The van der Waals surface area contributed by atoms with Crippen LogP contribution in [0.15, 0.2) is 0 Å². The van der Waals surface area contributed by atoms with E-state index < -0.39 is 11.5 Å². The third-order valence-corrected chi connectivity index (χ3v) is 4.19. The van der Waals surface area contributed by atoms with E-state index in [9.17, 15) is 9.90 Å². The van der Waals surface area contributed by atoms with Crippen LogP contribution in [0.4, 0.5) is 0 Å². The van der Waals surface area contributed by atoms with Gasteiger partial charge in [0.2, 0.25) is 0 Å². The van der Waals surface area contributed by atoms with Gasteiger partial charge in [-0.3, -0.25) is 9.69 Å². The van der Waals surface area contributed by atoms with E-state index in [1.54, 1.807) is 21.1 Å². The minimum atomic E-state index is -0.812. The maximum Gasteiger partial charge on any atom is 0.323 e. The molecule has 0 fully saturated rings. The van der Waals surface area contributed by atoms with Crippen LogP contribution in [0, 0.1) is 0 Å². The second-order valence-electron chi connectivity index (χ2n) is 5.63. The summed E-state index contributed by atoms with van der Waals surface area (Å²) >= 11 is 0. The van der Waals surface area contributed by atoms with E-state index in [4.69, 9.17) is 4.74 Å². The zero-order chi connectivity index (χ0) is 15.6. The Bertz CT molecular complexity index is 274. The number of carboxylic acids is 1. The Balaban J connectivity index is 4.13. The number of hydrogen-bond donors (Lipinski definition) is 2. The van der Waals surface area contributed by atoms with Gasteiger partial charge in [0.1, 0.15) is 5.54 Å². The van der Waals surface area contributed by atoms with Crippen LogP contribution >= 0.6 is 0 Å². The van der Waals surface area contributed by atoms with E-state index in [1.807, 2.05) is 0 Å². The molecule has 0 aromatic heterocycles. The quantitative estimate of drug-likeness (QED) is 0.538. The second kappa shape index (κ2) is 10.1. The van der Waals surface area contributed by atoms with Crippen molar-refractivity contribution in [1.29, 1.82) is 0 Å². The molecule has 0 bridgehead atoms. The van der Waals surface area contributed by atoms with Crippen LogP contribution in [0.5, 0.6) is 0 Å². The number of carbonyl (C=O) groups is 1. The number of carboxylic acid groups (broad SMARTS) is 1. The van der Waals surface area contributed by atoms with E-state index in [-0.39, 0.29) is 0 Å². The Morgan fingerprint density at radius 3 is 2.50 bits per heavy atom. The predicted octanol–water partition coefficient (Wildman–Crippen LogP) is 1.97. The van der Waals surface area contributed by atoms with Crippen molar-refractivity contribution in [3.63, 3.8) is 0 Å². The third-order valence-electron chi connectivity index (χ3n) is 4.19. The summed E-state index contributed by atoms with van der Waals surface area (Å²) in [7, 11) is 3.43. The first-order valence-electron chi connectivity index (χ1n) is 7.56. The number of likely N-dealkylation sites (N-methyl/N-ethyl adjacent to an activating group) is 1. The number of rotatable bonds is 12. The summed E-state index contributed by atoms with van der Waals surface area (Å²) in [5.41, 5.74) is -0.812. The predicted molar refractivity (Wildman–Crippen MR) is 82.2 cm³/mol. The van der Waals surface area contributed by atoms with Gasteiger partial charge >= 0.3 is 5.97 Å². The molecule has 0 heterocycles. The number of methoxy groups -OCH3 is 1. The molecule has 0 aliphatic heterocycles. The molecular weight excluding hydrogens is 256 g/mol. The molecule has 0 amide bonds. The molecule has 120 valence electrons. The normalized spacial score (nSPS) is 16.1. The topological polar surface area (TPSA) is 61.8 Å². The summed E-state index contributed by atoms with van der Waals surface area (Å²) < 4.78 is 5.15. The lowest BCUT2D eigenvalue weighted by atomic mass is 9.95. The molecule has 0 aromatic carbocycles. The molecule has 2 unspecified atom stereocenters. The van der Waals surface area contributed by atoms with Crippen LogP contribution in [0.25, 0.3) is 0 Å². The molecule has 0 aliphatic carbocycles. The van der Waals surface area contributed by atoms with Crippen molar-refractivity contribution in [3.8, 4) is 0 Å². The van der Waals surface area contributed by atoms with Crippen LogP contribution < -0.4 is 5.32 Å². The summed E-state index contributed by atoms with van der Waals surface area (Å²) in [4.78, 5) is 13.6. The van der Waals surface area contributed by atoms with E-state index in [0.717, 1.165) is 39.0 Å². The van der Waals surface area contributed by atoms with Crippen molar-refractivity contribution in [3.05, 3.63) is 0 Å². The fourth-order valence-electron chi connectivity index (χ4n) is 2.15. The molecule has 20 heavy (non-hydrogen) atoms. The van der Waals surface area contributed by atoms with Gasteiger partial charge in [0.15, 0.2) is 0 Å². The number of nitrogens with zero attached hydrogens (tertiary/aromatic N) is 1. The van der Waals surface area contributed by atoms with Crippen LogP contribution in [0.2, 0.25) is 0 Å². The largest absolute Gasteiger partial charge is 0.480 e. The smallest absolute Gasteiger partial charge is 0.323 e. The molecule has 0 radical (unpaired) electrons. The highest BCUT2D eigenvalue weighted by atomic mass is 16.5. The molecule has 2 N–H and O–H groups in total. The van der Waals surface area contributed by atoms with Gasteiger partial charge in [-0.25, -0.2) is 0 Å². The lowest BCUT2D eigenvalue weighted by molar-refractivity contribution is -0.144. The second-order valence-corrected chi connectivity index (χ2v) is 5.63. The Morgan fingerprint density at radius 2 is 2.05 bits per heavy atom. The Labute approximate surface area is 123 Å². The average molecular weight is 288 g/mol. The van der Waals surface area contributed by atoms with Gasteiger partial charge in [0, 0.05) is 19.7 Å². The van der Waals surface area contributed by atoms with Crippen LogP contribution in [0.1, 0.15) is 46.5 Å². The van der Waals surface area contributed by atoms with Gasteiger partial charge in [-0.05, 0) is 53.1 Å². The first-order chi connectivity index (χ1) is 9.41. The summed E-state index contributed by atoms with van der Waals surface area (Å²) in [6.45, 7) is 8.84. The number of hydrogen-bond acceptors (Lipinski definition) is 4. The highest BCUT2D eigenvalue weighted by molar-refractivity contribution is 5.78. The minimum Gasteiger partial charge on any atom is -0.480 e. The summed E-state index contributed by atoms with van der Waals surface area (Å²) in [5, 5.41) is 12.1. The molecule has 0 saturated carbocycles. The van der Waals surface area contributed by atoms with E-state index in [2.05, 4.69) is 24.1 Å². The Hall–Kier alpha value is -0.650. The molecule has 0 saturated heterocycles.